The lowest BCUT2D eigenvalue weighted by molar-refractivity contribution is -0.137. The molecule has 6 rings (SSSR count). The summed E-state index contributed by atoms with van der Waals surface area (Å²) in [5, 5.41) is 7.81. The fourth-order valence-electron chi connectivity index (χ4n) is 6.10. The highest BCUT2D eigenvalue weighted by Crippen LogP contribution is 2.35. The third-order valence-corrected chi connectivity index (χ3v) is 10.2. The summed E-state index contributed by atoms with van der Waals surface area (Å²) in [5.74, 6) is -2.64. The molecule has 0 saturated carbocycles. The van der Waals surface area contributed by atoms with Gasteiger partial charge in [-0.3, -0.25) is 29.1 Å². The first-order chi connectivity index (χ1) is 25.2. The number of nitrogens with one attached hydrogen (secondary N) is 3. The summed E-state index contributed by atoms with van der Waals surface area (Å²) >= 11 is 0. The Morgan fingerprint density at radius 3 is 2.38 bits per heavy atom. The quantitative estimate of drug-likeness (QED) is 0.149. The van der Waals surface area contributed by atoms with Crippen molar-refractivity contribution in [2.75, 3.05) is 59.3 Å². The summed E-state index contributed by atoms with van der Waals surface area (Å²) in [5.41, 5.74) is 1.51. The number of aromatic nitrogens is 4. The Kier molecular flexibility index (Phi) is 10.8. The van der Waals surface area contributed by atoms with Crippen LogP contribution in [-0.4, -0.2) is 84.6 Å². The molecule has 2 aliphatic rings. The summed E-state index contributed by atoms with van der Waals surface area (Å²) in [6, 6.07) is 12.2. The number of imide groups is 1. The molecule has 53 heavy (non-hydrogen) atoms. The number of anilines is 5. The number of piperazine rings is 1. The molecule has 19 heteroatoms. The van der Waals surface area contributed by atoms with Gasteiger partial charge >= 0.3 is 6.18 Å². The van der Waals surface area contributed by atoms with Gasteiger partial charge in [-0.1, -0.05) is 12.1 Å². The van der Waals surface area contributed by atoms with Crippen LogP contribution in [0.2, 0.25) is 0 Å². The first-order valence-corrected chi connectivity index (χ1v) is 18.4. The number of nitrogens with zero attached hydrogens (tertiary/aromatic N) is 7. The van der Waals surface area contributed by atoms with Crippen molar-refractivity contribution in [3.05, 3.63) is 89.3 Å². The van der Waals surface area contributed by atoms with Crippen LogP contribution in [0.4, 0.5) is 46.5 Å². The fourth-order valence-corrected chi connectivity index (χ4v) is 6.57. The van der Waals surface area contributed by atoms with E-state index in [1.165, 1.54) is 25.5 Å². The fraction of sp³-hybridized carbons (Fsp3) is 0.353. The number of sulfonamides is 1. The van der Waals surface area contributed by atoms with E-state index in [0.29, 0.717) is 44.6 Å². The van der Waals surface area contributed by atoms with Crippen LogP contribution < -0.4 is 25.2 Å². The Hall–Kier alpha value is -5.43. The smallest absolute Gasteiger partial charge is 0.369 e. The molecule has 2 aromatic carbocycles. The lowest BCUT2D eigenvalue weighted by atomic mass is 9.89. The Labute approximate surface area is 302 Å². The van der Waals surface area contributed by atoms with E-state index in [1.54, 1.807) is 18.2 Å². The maximum atomic E-state index is 15.0. The maximum absolute atomic E-state index is 15.0. The third kappa shape index (κ3) is 8.97. The van der Waals surface area contributed by atoms with Crippen molar-refractivity contribution in [1.82, 2.24) is 30.2 Å². The predicted molar refractivity (Wildman–Crippen MR) is 188 cm³/mol. The molecule has 2 aromatic heterocycles. The van der Waals surface area contributed by atoms with E-state index >= 15 is 0 Å². The number of rotatable bonds is 11. The molecular weight excluding hydrogens is 720 g/mol. The molecule has 0 bridgehead atoms. The van der Waals surface area contributed by atoms with Crippen LogP contribution in [0.15, 0.2) is 61.1 Å². The molecule has 0 spiro atoms. The monoisotopic (exact) mass is 756 g/mol. The van der Waals surface area contributed by atoms with Crippen LogP contribution in [0.5, 0.6) is 0 Å². The van der Waals surface area contributed by atoms with E-state index in [-0.39, 0.29) is 48.3 Å². The van der Waals surface area contributed by atoms with Crippen LogP contribution in [-0.2, 0) is 38.9 Å². The number of amides is 2. The van der Waals surface area contributed by atoms with Crippen molar-refractivity contribution < 1.29 is 35.6 Å². The molecule has 0 aliphatic carbocycles. The van der Waals surface area contributed by atoms with Gasteiger partial charge in [0.2, 0.25) is 27.8 Å². The summed E-state index contributed by atoms with van der Waals surface area (Å²) in [6.45, 7) is 3.06. The minimum Gasteiger partial charge on any atom is -0.369 e. The third-order valence-electron chi connectivity index (χ3n) is 9.01. The number of alkyl halides is 3. The van der Waals surface area contributed by atoms with Gasteiger partial charge in [0.15, 0.2) is 5.82 Å². The molecule has 3 N–H and O–H groups in total. The van der Waals surface area contributed by atoms with Crippen LogP contribution in [0.3, 0.4) is 0 Å². The van der Waals surface area contributed by atoms with E-state index in [2.05, 4.69) is 45.7 Å². The highest BCUT2D eigenvalue weighted by Gasteiger charge is 2.36. The molecule has 1 unspecified atom stereocenters. The van der Waals surface area contributed by atoms with E-state index in [9.17, 15) is 35.6 Å². The molecule has 4 heterocycles. The van der Waals surface area contributed by atoms with Gasteiger partial charge in [-0.15, -0.1) is 0 Å². The van der Waals surface area contributed by atoms with Crippen molar-refractivity contribution in [3.63, 3.8) is 0 Å². The maximum Gasteiger partial charge on any atom is 0.421 e. The highest BCUT2D eigenvalue weighted by atomic mass is 32.2. The molecule has 14 nitrogen and oxygen atoms in total. The SMILES string of the molecule is CN(c1nccnc1CNc1nc(Nc2ccc(N3CCN(Cc4ccc(C5CCC(=O)NC5=O)c(F)c4)CC3)cc2)ncc1C(F)(F)F)S(C)(=O)=O. The Morgan fingerprint density at radius 2 is 1.72 bits per heavy atom. The summed E-state index contributed by atoms with van der Waals surface area (Å²) < 4.78 is 81.6. The average molecular weight is 757 g/mol. The van der Waals surface area contributed by atoms with Crippen molar-refractivity contribution >= 4 is 50.8 Å². The number of hydrogen-bond acceptors (Lipinski definition) is 12. The molecule has 0 radical (unpaired) electrons. The summed E-state index contributed by atoms with van der Waals surface area (Å²) in [7, 11) is -2.45. The lowest BCUT2D eigenvalue weighted by Gasteiger charge is -2.36. The number of hydrogen-bond donors (Lipinski definition) is 3. The summed E-state index contributed by atoms with van der Waals surface area (Å²) in [4.78, 5) is 44.1. The zero-order chi connectivity index (χ0) is 37.9. The van der Waals surface area contributed by atoms with Gasteiger partial charge in [0, 0.05) is 81.7 Å². The van der Waals surface area contributed by atoms with Gasteiger partial charge in [0.05, 0.1) is 18.7 Å². The normalized spacial score (nSPS) is 17.0. The molecule has 2 aliphatic heterocycles. The van der Waals surface area contributed by atoms with Gasteiger partial charge in [-0.25, -0.2) is 22.8 Å². The zero-order valence-electron chi connectivity index (χ0n) is 28.7. The Morgan fingerprint density at radius 1 is 1.00 bits per heavy atom. The van der Waals surface area contributed by atoms with E-state index in [0.717, 1.165) is 21.8 Å². The zero-order valence-corrected chi connectivity index (χ0v) is 29.5. The van der Waals surface area contributed by atoms with E-state index in [4.69, 9.17) is 0 Å². The first-order valence-electron chi connectivity index (χ1n) is 16.5. The molecular formula is C34H36F4N10O4S. The van der Waals surface area contributed by atoms with Crippen molar-refractivity contribution in [3.8, 4) is 0 Å². The van der Waals surface area contributed by atoms with Gasteiger partial charge in [0.1, 0.15) is 22.9 Å². The number of carbonyl (C=O) groups excluding carboxylic acids is 2. The second-order valence-corrected chi connectivity index (χ2v) is 14.7. The molecule has 2 fully saturated rings. The number of halogens is 4. The lowest BCUT2D eigenvalue weighted by Crippen LogP contribution is -2.46. The predicted octanol–water partition coefficient (Wildman–Crippen LogP) is 4.02. The number of carbonyl (C=O) groups is 2. The van der Waals surface area contributed by atoms with Crippen LogP contribution in [0, 0.1) is 5.82 Å². The van der Waals surface area contributed by atoms with Crippen LogP contribution in [0.1, 0.15) is 41.1 Å². The van der Waals surface area contributed by atoms with Gasteiger partial charge < -0.3 is 15.5 Å². The minimum atomic E-state index is -4.78. The largest absolute Gasteiger partial charge is 0.421 e. The van der Waals surface area contributed by atoms with Gasteiger partial charge in [-0.2, -0.15) is 18.2 Å². The Bertz CT molecular complexity index is 2100. The van der Waals surface area contributed by atoms with Crippen molar-refractivity contribution in [1.29, 1.82) is 0 Å². The first kappa shape index (κ1) is 37.3. The highest BCUT2D eigenvalue weighted by molar-refractivity contribution is 7.92. The van der Waals surface area contributed by atoms with Gasteiger partial charge in [0.25, 0.3) is 0 Å². The topological polar surface area (TPSA) is 166 Å². The molecule has 1 atom stereocenters. The number of benzene rings is 2. The molecule has 2 saturated heterocycles. The second kappa shape index (κ2) is 15.3. The van der Waals surface area contributed by atoms with E-state index in [1.807, 2.05) is 18.2 Å². The standard InChI is InChI=1S/C34H36F4N10O4S/c1-46(53(2,51)52)31-28(39-11-12-40-31)19-41-30-26(34(36,37)38)18-42-33(45-30)43-22-4-6-23(7-5-22)48-15-13-47(14-16-48)20-21-3-8-24(27(35)17-21)25-9-10-29(49)44-32(25)50/h3-8,11-12,17-18,25H,9-10,13-16,19-20H2,1-2H3,(H,44,49,50)(H2,41,42,43,45). The van der Waals surface area contributed by atoms with Crippen molar-refractivity contribution in [2.24, 2.45) is 0 Å². The van der Waals surface area contributed by atoms with Crippen molar-refractivity contribution in [2.45, 2.75) is 38.0 Å². The number of piperidine rings is 1. The molecule has 2 amide bonds. The van der Waals surface area contributed by atoms with Crippen LogP contribution >= 0.6 is 0 Å². The van der Waals surface area contributed by atoms with Gasteiger partial charge in [-0.05, 0) is 42.3 Å². The average Bonchev–Trinajstić information content (AvgIpc) is 3.11. The minimum absolute atomic E-state index is 0.0429. The van der Waals surface area contributed by atoms with Crippen LogP contribution in [0.25, 0.3) is 0 Å². The second-order valence-electron chi connectivity index (χ2n) is 12.7. The van der Waals surface area contributed by atoms with E-state index < -0.39 is 45.2 Å². The molecule has 280 valence electrons. The summed E-state index contributed by atoms with van der Waals surface area (Å²) in [6.07, 6.45) is -0.114. The Balaban J connectivity index is 1.06. The molecule has 4 aromatic rings.